The summed E-state index contributed by atoms with van der Waals surface area (Å²) >= 11 is 5.39. The van der Waals surface area contributed by atoms with Gasteiger partial charge in [-0.25, -0.2) is 4.98 Å². The highest BCUT2D eigenvalue weighted by atomic mass is 35.5. The Morgan fingerprint density at radius 1 is 1.41 bits per heavy atom. The number of pyridine rings is 1. The molecule has 0 aliphatic carbocycles. The minimum atomic E-state index is -4.48. The van der Waals surface area contributed by atoms with Crippen molar-refractivity contribution in [1.82, 2.24) is 4.98 Å². The van der Waals surface area contributed by atoms with E-state index in [1.54, 1.807) is 0 Å². The first-order chi connectivity index (χ1) is 7.95. The SMILES string of the molecule is CCCCOCc1cnc(Cl)c(C(F)(F)F)c1. The van der Waals surface area contributed by atoms with Gasteiger partial charge in [-0.3, -0.25) is 0 Å². The van der Waals surface area contributed by atoms with Gasteiger partial charge in [0.25, 0.3) is 0 Å². The molecule has 2 nitrogen and oxygen atoms in total. The smallest absolute Gasteiger partial charge is 0.377 e. The van der Waals surface area contributed by atoms with Crippen LogP contribution in [-0.2, 0) is 17.5 Å². The predicted molar refractivity (Wildman–Crippen MR) is 58.8 cm³/mol. The van der Waals surface area contributed by atoms with Crippen LogP contribution in [0.15, 0.2) is 12.3 Å². The molecule has 1 heterocycles. The molecular weight excluding hydrogens is 255 g/mol. The van der Waals surface area contributed by atoms with Crippen molar-refractivity contribution in [3.05, 3.63) is 28.5 Å². The van der Waals surface area contributed by atoms with Gasteiger partial charge < -0.3 is 4.74 Å². The lowest BCUT2D eigenvalue weighted by Gasteiger charge is -2.10. The summed E-state index contributed by atoms with van der Waals surface area (Å²) in [6.07, 6.45) is -1.33. The molecule has 0 atom stereocenters. The lowest BCUT2D eigenvalue weighted by molar-refractivity contribution is -0.137. The quantitative estimate of drug-likeness (QED) is 0.593. The molecule has 0 bridgehead atoms. The van der Waals surface area contributed by atoms with Crippen LogP contribution >= 0.6 is 11.6 Å². The van der Waals surface area contributed by atoms with Gasteiger partial charge in [-0.15, -0.1) is 0 Å². The van der Waals surface area contributed by atoms with Gasteiger partial charge in [0.1, 0.15) is 5.15 Å². The molecular formula is C11H13ClF3NO. The third-order valence-electron chi connectivity index (χ3n) is 2.11. The maximum atomic E-state index is 12.5. The molecule has 6 heteroatoms. The zero-order valence-electron chi connectivity index (χ0n) is 9.35. The number of hydrogen-bond acceptors (Lipinski definition) is 2. The number of halogens is 4. The Balaban J connectivity index is 2.69. The Labute approximate surface area is 103 Å². The molecule has 0 unspecified atom stereocenters. The number of nitrogens with zero attached hydrogens (tertiary/aromatic N) is 1. The fraction of sp³-hybridized carbons (Fsp3) is 0.545. The van der Waals surface area contributed by atoms with E-state index in [0.29, 0.717) is 12.2 Å². The summed E-state index contributed by atoms with van der Waals surface area (Å²) in [4.78, 5) is 3.51. The van der Waals surface area contributed by atoms with Crippen LogP contribution in [0.2, 0.25) is 5.15 Å². The summed E-state index contributed by atoms with van der Waals surface area (Å²) in [6.45, 7) is 2.66. The van der Waals surface area contributed by atoms with E-state index >= 15 is 0 Å². The molecule has 1 aromatic rings. The normalized spacial score (nSPS) is 11.8. The second-order valence-electron chi connectivity index (χ2n) is 3.59. The van der Waals surface area contributed by atoms with Crippen molar-refractivity contribution in [2.75, 3.05) is 6.61 Å². The summed E-state index contributed by atoms with van der Waals surface area (Å²) in [5.41, 5.74) is -0.548. The van der Waals surface area contributed by atoms with Crippen molar-refractivity contribution in [2.45, 2.75) is 32.5 Å². The Bertz CT molecular complexity index is 368. The minimum Gasteiger partial charge on any atom is -0.377 e. The molecule has 0 amide bonds. The van der Waals surface area contributed by atoms with E-state index in [0.717, 1.165) is 18.9 Å². The summed E-state index contributed by atoms with van der Waals surface area (Å²) in [7, 11) is 0. The molecule has 96 valence electrons. The number of hydrogen-bond donors (Lipinski definition) is 0. The van der Waals surface area contributed by atoms with Gasteiger partial charge in [-0.05, 0) is 18.1 Å². The van der Waals surface area contributed by atoms with Gasteiger partial charge in [0.15, 0.2) is 0 Å². The van der Waals surface area contributed by atoms with Crippen molar-refractivity contribution < 1.29 is 17.9 Å². The van der Waals surface area contributed by atoms with E-state index in [4.69, 9.17) is 16.3 Å². The van der Waals surface area contributed by atoms with Gasteiger partial charge >= 0.3 is 6.18 Å². The zero-order chi connectivity index (χ0) is 12.9. The summed E-state index contributed by atoms with van der Waals surface area (Å²) in [6, 6.07) is 0.973. The number of rotatable bonds is 5. The van der Waals surface area contributed by atoms with E-state index < -0.39 is 16.9 Å². The summed E-state index contributed by atoms with van der Waals surface area (Å²) in [5, 5.41) is -0.533. The molecule has 0 saturated heterocycles. The number of aromatic nitrogens is 1. The van der Waals surface area contributed by atoms with E-state index in [1.807, 2.05) is 6.92 Å². The van der Waals surface area contributed by atoms with Crippen LogP contribution in [0.4, 0.5) is 13.2 Å². The first kappa shape index (κ1) is 14.3. The Kier molecular flexibility index (Phi) is 5.21. The van der Waals surface area contributed by atoms with E-state index in [2.05, 4.69) is 4.98 Å². The standard InChI is InChI=1S/C11H13ClF3NO/c1-2-3-4-17-7-8-5-9(11(13,14)15)10(12)16-6-8/h5-6H,2-4,7H2,1H3. The summed E-state index contributed by atoms with van der Waals surface area (Å²) in [5.74, 6) is 0. The van der Waals surface area contributed by atoms with Crippen LogP contribution in [0.5, 0.6) is 0 Å². The molecule has 17 heavy (non-hydrogen) atoms. The fourth-order valence-corrected chi connectivity index (χ4v) is 1.42. The number of unbranched alkanes of at least 4 members (excludes halogenated alkanes) is 1. The third kappa shape index (κ3) is 4.52. The average molecular weight is 268 g/mol. The first-order valence-electron chi connectivity index (χ1n) is 5.24. The van der Waals surface area contributed by atoms with E-state index in [-0.39, 0.29) is 6.61 Å². The van der Waals surface area contributed by atoms with Gasteiger partial charge in [0.05, 0.1) is 12.2 Å². The van der Waals surface area contributed by atoms with Crippen LogP contribution in [0, 0.1) is 0 Å². The van der Waals surface area contributed by atoms with Crippen molar-refractivity contribution in [3.8, 4) is 0 Å². The number of ether oxygens (including phenoxy) is 1. The number of alkyl halides is 3. The highest BCUT2D eigenvalue weighted by molar-refractivity contribution is 6.30. The second kappa shape index (κ2) is 6.21. The maximum absolute atomic E-state index is 12.5. The Morgan fingerprint density at radius 2 is 2.12 bits per heavy atom. The van der Waals surface area contributed by atoms with Gasteiger partial charge in [-0.1, -0.05) is 24.9 Å². The first-order valence-corrected chi connectivity index (χ1v) is 5.62. The fourth-order valence-electron chi connectivity index (χ4n) is 1.21. The molecule has 0 saturated carbocycles. The van der Waals surface area contributed by atoms with Gasteiger partial charge in [-0.2, -0.15) is 13.2 Å². The zero-order valence-corrected chi connectivity index (χ0v) is 10.1. The van der Waals surface area contributed by atoms with Crippen LogP contribution in [0.1, 0.15) is 30.9 Å². The van der Waals surface area contributed by atoms with Crippen LogP contribution in [0.25, 0.3) is 0 Å². The van der Waals surface area contributed by atoms with E-state index in [9.17, 15) is 13.2 Å². The molecule has 1 rings (SSSR count). The molecule has 0 fully saturated rings. The molecule has 0 radical (unpaired) electrons. The van der Waals surface area contributed by atoms with Crippen molar-refractivity contribution >= 4 is 11.6 Å². The largest absolute Gasteiger partial charge is 0.419 e. The van der Waals surface area contributed by atoms with Crippen molar-refractivity contribution in [2.24, 2.45) is 0 Å². The van der Waals surface area contributed by atoms with Gasteiger partial charge in [0.2, 0.25) is 0 Å². The highest BCUT2D eigenvalue weighted by Crippen LogP contribution is 2.33. The van der Waals surface area contributed by atoms with Gasteiger partial charge in [0, 0.05) is 12.8 Å². The maximum Gasteiger partial charge on any atom is 0.419 e. The molecule has 0 aliphatic heterocycles. The van der Waals surface area contributed by atoms with Crippen molar-refractivity contribution in [3.63, 3.8) is 0 Å². The lowest BCUT2D eigenvalue weighted by Crippen LogP contribution is -2.08. The Hall–Kier alpha value is -0.810. The predicted octanol–water partition coefficient (Wildman–Crippen LogP) is 4.07. The van der Waals surface area contributed by atoms with Crippen LogP contribution in [-0.4, -0.2) is 11.6 Å². The molecule has 0 aliphatic rings. The Morgan fingerprint density at radius 3 is 2.71 bits per heavy atom. The van der Waals surface area contributed by atoms with Crippen LogP contribution < -0.4 is 0 Å². The molecule has 1 aromatic heterocycles. The lowest BCUT2D eigenvalue weighted by atomic mass is 10.2. The monoisotopic (exact) mass is 267 g/mol. The molecule has 0 spiro atoms. The minimum absolute atomic E-state index is 0.118. The second-order valence-corrected chi connectivity index (χ2v) is 3.94. The van der Waals surface area contributed by atoms with Crippen LogP contribution in [0.3, 0.4) is 0 Å². The van der Waals surface area contributed by atoms with Crippen molar-refractivity contribution in [1.29, 1.82) is 0 Å². The average Bonchev–Trinajstić information content (AvgIpc) is 2.25. The topological polar surface area (TPSA) is 22.1 Å². The third-order valence-corrected chi connectivity index (χ3v) is 2.41. The van der Waals surface area contributed by atoms with E-state index in [1.165, 1.54) is 6.20 Å². The molecule has 0 aromatic carbocycles. The molecule has 0 N–H and O–H groups in total. The summed E-state index contributed by atoms with van der Waals surface area (Å²) < 4.78 is 42.7. The highest BCUT2D eigenvalue weighted by Gasteiger charge is 2.34.